The van der Waals surface area contributed by atoms with Gasteiger partial charge in [-0.3, -0.25) is 14.6 Å². The summed E-state index contributed by atoms with van der Waals surface area (Å²) in [4.78, 5) is 12.3. The highest BCUT2D eigenvalue weighted by molar-refractivity contribution is 5.95. The molecule has 1 aliphatic rings. The third-order valence-corrected chi connectivity index (χ3v) is 3.95. The zero-order valence-corrected chi connectivity index (χ0v) is 12.0. The molecule has 7 nitrogen and oxygen atoms in total. The van der Waals surface area contributed by atoms with E-state index in [0.717, 1.165) is 36.2 Å². The quantitative estimate of drug-likeness (QED) is 0.772. The van der Waals surface area contributed by atoms with Crippen LogP contribution in [-0.4, -0.2) is 37.6 Å². The standard InChI is InChI=1S/C14H19N5O2/c1-9-10(7-15-18-9)14(21)17-12-3-2-4-13-11(12)8-16-19(13)5-6-20/h7-8,12,20H,2-6H2,1H3,(H,15,18)(H,17,21). The first-order chi connectivity index (χ1) is 10.2. The molecular formula is C14H19N5O2. The van der Waals surface area contributed by atoms with Crippen LogP contribution in [0, 0.1) is 6.92 Å². The Bertz CT molecular complexity index is 646. The number of carbonyl (C=O) groups excluding carboxylic acids is 1. The number of amides is 1. The van der Waals surface area contributed by atoms with Crippen molar-refractivity contribution in [2.24, 2.45) is 0 Å². The number of aromatic nitrogens is 4. The molecule has 0 aromatic carbocycles. The van der Waals surface area contributed by atoms with E-state index >= 15 is 0 Å². The molecular weight excluding hydrogens is 270 g/mol. The summed E-state index contributed by atoms with van der Waals surface area (Å²) in [5, 5.41) is 23.1. The number of hydrogen-bond donors (Lipinski definition) is 3. The lowest BCUT2D eigenvalue weighted by Gasteiger charge is -2.24. The fraction of sp³-hybridized carbons (Fsp3) is 0.500. The van der Waals surface area contributed by atoms with E-state index in [-0.39, 0.29) is 18.6 Å². The Hall–Kier alpha value is -2.15. The van der Waals surface area contributed by atoms with Crippen molar-refractivity contribution in [3.05, 3.63) is 34.9 Å². The number of fused-ring (bicyclic) bond motifs is 1. The molecule has 0 aliphatic heterocycles. The Morgan fingerprint density at radius 3 is 3.14 bits per heavy atom. The van der Waals surface area contributed by atoms with Gasteiger partial charge in [0.15, 0.2) is 0 Å². The Kier molecular flexibility index (Phi) is 3.74. The summed E-state index contributed by atoms with van der Waals surface area (Å²) in [7, 11) is 0. The van der Waals surface area contributed by atoms with E-state index in [9.17, 15) is 4.79 Å². The molecule has 0 bridgehead atoms. The molecule has 112 valence electrons. The highest BCUT2D eigenvalue weighted by Crippen LogP contribution is 2.29. The number of rotatable bonds is 4. The van der Waals surface area contributed by atoms with Crippen LogP contribution in [-0.2, 0) is 13.0 Å². The molecule has 1 atom stereocenters. The third kappa shape index (κ3) is 2.56. The number of nitrogens with zero attached hydrogens (tertiary/aromatic N) is 3. The van der Waals surface area contributed by atoms with Gasteiger partial charge in [0, 0.05) is 17.0 Å². The topological polar surface area (TPSA) is 95.8 Å². The van der Waals surface area contributed by atoms with Crippen molar-refractivity contribution in [1.82, 2.24) is 25.3 Å². The minimum absolute atomic E-state index is 0.0250. The van der Waals surface area contributed by atoms with Gasteiger partial charge in [0.2, 0.25) is 0 Å². The molecule has 7 heteroatoms. The molecule has 1 unspecified atom stereocenters. The molecule has 3 rings (SSSR count). The van der Waals surface area contributed by atoms with Crippen molar-refractivity contribution < 1.29 is 9.90 Å². The van der Waals surface area contributed by atoms with E-state index < -0.39 is 0 Å². The van der Waals surface area contributed by atoms with Crippen LogP contribution in [0.1, 0.15) is 46.2 Å². The van der Waals surface area contributed by atoms with Crippen molar-refractivity contribution in [2.75, 3.05) is 6.61 Å². The van der Waals surface area contributed by atoms with Gasteiger partial charge in [-0.1, -0.05) is 0 Å². The van der Waals surface area contributed by atoms with E-state index in [1.54, 1.807) is 12.4 Å². The second-order valence-electron chi connectivity index (χ2n) is 5.32. The smallest absolute Gasteiger partial charge is 0.255 e. The van der Waals surface area contributed by atoms with Crippen molar-refractivity contribution in [1.29, 1.82) is 0 Å². The SMILES string of the molecule is Cc1[nH]ncc1C(=O)NC1CCCc2c1cnn2CCO. The van der Waals surface area contributed by atoms with Gasteiger partial charge in [-0.25, -0.2) is 0 Å². The average Bonchev–Trinajstić information content (AvgIpc) is 3.07. The molecule has 0 spiro atoms. The number of aryl methyl sites for hydroxylation is 1. The maximum atomic E-state index is 12.3. The zero-order valence-electron chi connectivity index (χ0n) is 12.0. The molecule has 2 aromatic rings. The van der Waals surface area contributed by atoms with Gasteiger partial charge in [-0.15, -0.1) is 0 Å². The maximum absolute atomic E-state index is 12.3. The van der Waals surface area contributed by atoms with Gasteiger partial charge in [0.1, 0.15) is 0 Å². The van der Waals surface area contributed by atoms with Crippen LogP contribution in [0.15, 0.2) is 12.4 Å². The van der Waals surface area contributed by atoms with Crippen LogP contribution in [0.3, 0.4) is 0 Å². The van der Waals surface area contributed by atoms with Gasteiger partial charge >= 0.3 is 0 Å². The second kappa shape index (κ2) is 5.69. The van der Waals surface area contributed by atoms with Gasteiger partial charge in [-0.2, -0.15) is 10.2 Å². The summed E-state index contributed by atoms with van der Waals surface area (Å²) < 4.78 is 1.83. The van der Waals surface area contributed by atoms with E-state index in [4.69, 9.17) is 5.11 Å². The van der Waals surface area contributed by atoms with Gasteiger partial charge in [-0.05, 0) is 26.2 Å². The first kappa shape index (κ1) is 13.8. The molecule has 1 aliphatic carbocycles. The van der Waals surface area contributed by atoms with Crippen LogP contribution in [0.2, 0.25) is 0 Å². The molecule has 2 heterocycles. The van der Waals surface area contributed by atoms with Crippen LogP contribution >= 0.6 is 0 Å². The molecule has 0 saturated carbocycles. The predicted octanol–water partition coefficient (Wildman–Crippen LogP) is 0.714. The van der Waals surface area contributed by atoms with Crippen LogP contribution in [0.4, 0.5) is 0 Å². The maximum Gasteiger partial charge on any atom is 0.255 e. The van der Waals surface area contributed by atoms with Crippen molar-refractivity contribution >= 4 is 5.91 Å². The highest BCUT2D eigenvalue weighted by atomic mass is 16.3. The Morgan fingerprint density at radius 1 is 1.57 bits per heavy atom. The highest BCUT2D eigenvalue weighted by Gasteiger charge is 2.26. The fourth-order valence-electron chi connectivity index (χ4n) is 2.87. The van der Waals surface area contributed by atoms with Gasteiger partial charge < -0.3 is 10.4 Å². The third-order valence-electron chi connectivity index (χ3n) is 3.95. The number of H-pyrrole nitrogens is 1. The Labute approximate surface area is 122 Å². The van der Waals surface area contributed by atoms with Crippen LogP contribution in [0.5, 0.6) is 0 Å². The summed E-state index contributed by atoms with van der Waals surface area (Å²) in [5.41, 5.74) is 3.51. The van der Waals surface area contributed by atoms with E-state index in [0.29, 0.717) is 12.1 Å². The molecule has 21 heavy (non-hydrogen) atoms. The molecule has 2 aromatic heterocycles. The summed E-state index contributed by atoms with van der Waals surface area (Å²) in [5.74, 6) is -0.117. The lowest BCUT2D eigenvalue weighted by Crippen LogP contribution is -2.31. The first-order valence-corrected chi connectivity index (χ1v) is 7.17. The molecule has 0 saturated heterocycles. The molecule has 0 fully saturated rings. The van der Waals surface area contributed by atoms with E-state index in [1.807, 2.05) is 11.6 Å². The van der Waals surface area contributed by atoms with Crippen molar-refractivity contribution in [3.8, 4) is 0 Å². The summed E-state index contributed by atoms with van der Waals surface area (Å²) in [6, 6.07) is -0.0250. The number of aromatic amines is 1. The number of hydrogen-bond acceptors (Lipinski definition) is 4. The normalized spacial score (nSPS) is 17.5. The Balaban J connectivity index is 1.79. The lowest BCUT2D eigenvalue weighted by atomic mass is 9.92. The monoisotopic (exact) mass is 289 g/mol. The molecule has 0 radical (unpaired) electrons. The minimum Gasteiger partial charge on any atom is -0.394 e. The Morgan fingerprint density at radius 2 is 2.43 bits per heavy atom. The average molecular weight is 289 g/mol. The summed E-state index contributed by atoms with van der Waals surface area (Å²) >= 11 is 0. The number of aliphatic hydroxyl groups excluding tert-OH is 1. The van der Waals surface area contributed by atoms with E-state index in [1.165, 1.54) is 0 Å². The number of aliphatic hydroxyl groups is 1. The summed E-state index contributed by atoms with van der Waals surface area (Å²) in [6.07, 6.45) is 6.19. The fourth-order valence-corrected chi connectivity index (χ4v) is 2.87. The molecule has 3 N–H and O–H groups in total. The lowest BCUT2D eigenvalue weighted by molar-refractivity contribution is 0.0932. The van der Waals surface area contributed by atoms with Crippen molar-refractivity contribution in [2.45, 2.75) is 38.8 Å². The van der Waals surface area contributed by atoms with Crippen LogP contribution in [0.25, 0.3) is 0 Å². The number of carbonyl (C=O) groups is 1. The van der Waals surface area contributed by atoms with Gasteiger partial charge in [0.25, 0.3) is 5.91 Å². The molecule has 1 amide bonds. The summed E-state index contributed by atoms with van der Waals surface area (Å²) in [6.45, 7) is 2.39. The van der Waals surface area contributed by atoms with Crippen LogP contribution < -0.4 is 5.32 Å². The van der Waals surface area contributed by atoms with Gasteiger partial charge in [0.05, 0.1) is 37.2 Å². The minimum atomic E-state index is -0.117. The first-order valence-electron chi connectivity index (χ1n) is 7.17. The second-order valence-corrected chi connectivity index (χ2v) is 5.32. The largest absolute Gasteiger partial charge is 0.394 e. The predicted molar refractivity (Wildman–Crippen MR) is 75.8 cm³/mol. The zero-order chi connectivity index (χ0) is 14.8. The van der Waals surface area contributed by atoms with Crippen molar-refractivity contribution in [3.63, 3.8) is 0 Å². The van der Waals surface area contributed by atoms with E-state index in [2.05, 4.69) is 20.6 Å². The number of nitrogens with one attached hydrogen (secondary N) is 2.